The zero-order valence-corrected chi connectivity index (χ0v) is 7.89. The van der Waals surface area contributed by atoms with Gasteiger partial charge in [-0.25, -0.2) is 14.3 Å². The Morgan fingerprint density at radius 2 is 2.31 bits per heavy atom. The van der Waals surface area contributed by atoms with Crippen molar-refractivity contribution >= 4 is 27.5 Å². The normalized spacial score (nSPS) is 10.5. The molecular formula is C7H4BrN3O2. The van der Waals surface area contributed by atoms with Crippen LogP contribution in [0.25, 0.3) is 5.65 Å². The number of carboxylic acids is 1. The monoisotopic (exact) mass is 241 g/mol. The summed E-state index contributed by atoms with van der Waals surface area (Å²) in [5.74, 6) is -1.05. The lowest BCUT2D eigenvalue weighted by Crippen LogP contribution is -2.04. The smallest absolute Gasteiger partial charge is 0.356 e. The maximum Gasteiger partial charge on any atom is 0.356 e. The molecule has 2 aromatic heterocycles. The molecule has 0 bridgehead atoms. The van der Waals surface area contributed by atoms with Crippen LogP contribution in [0.4, 0.5) is 0 Å². The van der Waals surface area contributed by atoms with Crippen molar-refractivity contribution in [2.75, 3.05) is 0 Å². The highest BCUT2D eigenvalue weighted by Crippen LogP contribution is 2.11. The van der Waals surface area contributed by atoms with Crippen LogP contribution in [0.5, 0.6) is 0 Å². The van der Waals surface area contributed by atoms with Gasteiger partial charge in [0.25, 0.3) is 0 Å². The third kappa shape index (κ3) is 1.29. The first kappa shape index (κ1) is 8.18. The standard InChI is InChI=1S/C7H4BrN3O2/c8-5-3-9-6-2-1-4(7(12)13)10-11(5)6/h1-3H,(H,12,13). The summed E-state index contributed by atoms with van der Waals surface area (Å²) in [6.45, 7) is 0. The molecule has 0 aliphatic heterocycles. The molecule has 0 amide bonds. The summed E-state index contributed by atoms with van der Waals surface area (Å²) in [5.41, 5.74) is 0.600. The lowest BCUT2D eigenvalue weighted by molar-refractivity contribution is 0.0689. The first-order valence-corrected chi connectivity index (χ1v) is 4.21. The van der Waals surface area contributed by atoms with Crippen molar-refractivity contribution in [1.82, 2.24) is 14.6 Å². The van der Waals surface area contributed by atoms with Gasteiger partial charge in [0, 0.05) is 0 Å². The van der Waals surface area contributed by atoms with Crippen LogP contribution in [-0.2, 0) is 0 Å². The van der Waals surface area contributed by atoms with Crippen LogP contribution in [-0.4, -0.2) is 25.7 Å². The second-order valence-corrected chi connectivity index (χ2v) is 3.19. The molecule has 6 heteroatoms. The van der Waals surface area contributed by atoms with Crippen molar-refractivity contribution in [2.45, 2.75) is 0 Å². The van der Waals surface area contributed by atoms with Gasteiger partial charge in [0.1, 0.15) is 4.60 Å². The van der Waals surface area contributed by atoms with Gasteiger partial charge in [-0.2, -0.15) is 5.10 Å². The summed E-state index contributed by atoms with van der Waals surface area (Å²) in [4.78, 5) is 14.5. The van der Waals surface area contributed by atoms with Crippen LogP contribution >= 0.6 is 15.9 Å². The van der Waals surface area contributed by atoms with Crippen LogP contribution in [0, 0.1) is 0 Å². The molecule has 0 aliphatic rings. The predicted octanol–water partition coefficient (Wildman–Crippen LogP) is 1.19. The number of aromatic nitrogens is 3. The largest absolute Gasteiger partial charge is 0.476 e. The zero-order valence-electron chi connectivity index (χ0n) is 6.31. The fourth-order valence-electron chi connectivity index (χ4n) is 0.959. The van der Waals surface area contributed by atoms with Crippen molar-refractivity contribution < 1.29 is 9.90 Å². The minimum Gasteiger partial charge on any atom is -0.476 e. The summed E-state index contributed by atoms with van der Waals surface area (Å²) in [6.07, 6.45) is 1.56. The Balaban J connectivity index is 2.72. The van der Waals surface area contributed by atoms with Gasteiger partial charge >= 0.3 is 5.97 Å². The lowest BCUT2D eigenvalue weighted by Gasteiger charge is -1.95. The van der Waals surface area contributed by atoms with E-state index in [1.165, 1.54) is 10.6 Å². The molecular weight excluding hydrogens is 238 g/mol. The van der Waals surface area contributed by atoms with Crippen molar-refractivity contribution in [3.63, 3.8) is 0 Å². The summed E-state index contributed by atoms with van der Waals surface area (Å²) in [5, 5.41) is 12.5. The van der Waals surface area contributed by atoms with Gasteiger partial charge in [-0.15, -0.1) is 0 Å². The number of fused-ring (bicyclic) bond motifs is 1. The summed E-state index contributed by atoms with van der Waals surface area (Å²) in [6, 6.07) is 3.01. The Hall–Kier alpha value is -1.43. The number of hydrogen-bond donors (Lipinski definition) is 1. The van der Waals surface area contributed by atoms with Crippen LogP contribution in [0.3, 0.4) is 0 Å². The first-order chi connectivity index (χ1) is 6.18. The summed E-state index contributed by atoms with van der Waals surface area (Å²) < 4.78 is 2.05. The fourth-order valence-corrected chi connectivity index (χ4v) is 1.32. The number of carboxylic acid groups (broad SMARTS) is 1. The van der Waals surface area contributed by atoms with Crippen molar-refractivity contribution in [2.24, 2.45) is 0 Å². The number of halogens is 1. The highest BCUT2D eigenvalue weighted by Gasteiger charge is 2.07. The van der Waals surface area contributed by atoms with E-state index in [0.717, 1.165) is 0 Å². The Labute approximate surface area is 81.1 Å². The van der Waals surface area contributed by atoms with E-state index in [0.29, 0.717) is 10.3 Å². The SMILES string of the molecule is O=C(O)c1ccc2ncc(Br)n2n1. The van der Waals surface area contributed by atoms with Gasteiger partial charge in [0.05, 0.1) is 6.20 Å². The maximum atomic E-state index is 10.6. The van der Waals surface area contributed by atoms with E-state index in [1.54, 1.807) is 12.3 Å². The number of hydrogen-bond acceptors (Lipinski definition) is 3. The lowest BCUT2D eigenvalue weighted by atomic mass is 10.4. The molecule has 13 heavy (non-hydrogen) atoms. The number of carbonyl (C=O) groups is 1. The molecule has 5 nitrogen and oxygen atoms in total. The molecule has 0 spiro atoms. The second-order valence-electron chi connectivity index (χ2n) is 2.37. The van der Waals surface area contributed by atoms with E-state index in [4.69, 9.17) is 5.11 Å². The molecule has 0 fully saturated rings. The average Bonchev–Trinajstić information content (AvgIpc) is 2.47. The number of imidazole rings is 1. The Morgan fingerprint density at radius 1 is 1.54 bits per heavy atom. The minimum absolute atomic E-state index is 0.00815. The topological polar surface area (TPSA) is 67.5 Å². The van der Waals surface area contributed by atoms with E-state index in [-0.39, 0.29) is 5.69 Å². The second kappa shape index (κ2) is 2.81. The third-order valence-corrected chi connectivity index (χ3v) is 2.08. The molecule has 0 aromatic carbocycles. The van der Waals surface area contributed by atoms with Crippen LogP contribution < -0.4 is 0 Å². The molecule has 0 radical (unpaired) electrons. The Bertz CT molecular complexity index is 480. The molecule has 1 N–H and O–H groups in total. The minimum atomic E-state index is -1.05. The van der Waals surface area contributed by atoms with E-state index in [9.17, 15) is 4.79 Å². The van der Waals surface area contributed by atoms with Gasteiger partial charge in [-0.3, -0.25) is 0 Å². The van der Waals surface area contributed by atoms with Crippen molar-refractivity contribution in [3.8, 4) is 0 Å². The predicted molar refractivity (Wildman–Crippen MR) is 47.6 cm³/mol. The molecule has 0 saturated carbocycles. The van der Waals surface area contributed by atoms with Gasteiger partial charge in [-0.05, 0) is 28.1 Å². The van der Waals surface area contributed by atoms with E-state index >= 15 is 0 Å². The van der Waals surface area contributed by atoms with Crippen LogP contribution in [0.2, 0.25) is 0 Å². The highest BCUT2D eigenvalue weighted by molar-refractivity contribution is 9.10. The molecule has 2 heterocycles. The van der Waals surface area contributed by atoms with E-state index in [2.05, 4.69) is 26.0 Å². The highest BCUT2D eigenvalue weighted by atomic mass is 79.9. The number of rotatable bonds is 1. The van der Waals surface area contributed by atoms with Gasteiger partial charge in [0.2, 0.25) is 0 Å². The van der Waals surface area contributed by atoms with Gasteiger partial charge < -0.3 is 5.11 Å². The van der Waals surface area contributed by atoms with Crippen LogP contribution in [0.15, 0.2) is 22.9 Å². The maximum absolute atomic E-state index is 10.6. The Morgan fingerprint density at radius 3 is 3.00 bits per heavy atom. The van der Waals surface area contributed by atoms with Crippen molar-refractivity contribution in [3.05, 3.63) is 28.6 Å². The first-order valence-electron chi connectivity index (χ1n) is 3.42. The fraction of sp³-hybridized carbons (Fsp3) is 0. The zero-order chi connectivity index (χ0) is 9.42. The molecule has 0 saturated heterocycles. The molecule has 0 atom stereocenters. The third-order valence-electron chi connectivity index (χ3n) is 1.54. The van der Waals surface area contributed by atoms with Gasteiger partial charge in [-0.1, -0.05) is 0 Å². The molecule has 66 valence electrons. The van der Waals surface area contributed by atoms with E-state index < -0.39 is 5.97 Å². The number of aromatic carboxylic acids is 1. The Kier molecular flexibility index (Phi) is 1.77. The average molecular weight is 242 g/mol. The summed E-state index contributed by atoms with van der Waals surface area (Å²) >= 11 is 3.20. The van der Waals surface area contributed by atoms with E-state index in [1.807, 2.05) is 0 Å². The molecule has 2 rings (SSSR count). The number of nitrogens with zero attached hydrogens (tertiary/aromatic N) is 3. The summed E-state index contributed by atoms with van der Waals surface area (Å²) in [7, 11) is 0. The molecule has 2 aromatic rings. The van der Waals surface area contributed by atoms with Crippen molar-refractivity contribution in [1.29, 1.82) is 0 Å². The molecule has 0 unspecified atom stereocenters. The van der Waals surface area contributed by atoms with Crippen LogP contribution in [0.1, 0.15) is 10.5 Å². The van der Waals surface area contributed by atoms with Gasteiger partial charge in [0.15, 0.2) is 11.3 Å². The quantitative estimate of drug-likeness (QED) is 0.815. The molecule has 0 aliphatic carbocycles.